The summed E-state index contributed by atoms with van der Waals surface area (Å²) in [6.45, 7) is 13.7. The van der Waals surface area contributed by atoms with Gasteiger partial charge in [-0.2, -0.15) is 0 Å². The van der Waals surface area contributed by atoms with E-state index in [1.165, 1.54) is 154 Å². The molecule has 338 valence electrons. The zero-order valence-corrected chi connectivity index (χ0v) is 39.1. The molecule has 0 bridgehead atoms. The van der Waals surface area contributed by atoms with E-state index in [1.807, 2.05) is 0 Å². The van der Waals surface area contributed by atoms with Crippen molar-refractivity contribution in [3.8, 4) is 0 Å². The lowest BCUT2D eigenvalue weighted by molar-refractivity contribution is -0.167. The van der Waals surface area contributed by atoms with Gasteiger partial charge in [0.25, 0.3) is 0 Å². The summed E-state index contributed by atoms with van der Waals surface area (Å²) in [6, 6.07) is 0. The Morgan fingerprint density at radius 3 is 0.754 bits per heavy atom. The average molecular weight is 807 g/mol. The Hall–Kier alpha value is -1.59. The molecule has 0 aromatic rings. The second-order valence-corrected chi connectivity index (χ2v) is 18.9. The molecule has 0 radical (unpaired) electrons. The maximum Gasteiger partial charge on any atom is 0.306 e. The number of hydrogen-bond donors (Lipinski definition) is 0. The molecule has 6 nitrogen and oxygen atoms in total. The lowest BCUT2D eigenvalue weighted by Gasteiger charge is -2.18. The van der Waals surface area contributed by atoms with Crippen LogP contribution in [0.3, 0.4) is 0 Å². The van der Waals surface area contributed by atoms with E-state index in [-0.39, 0.29) is 31.1 Å². The molecular weight excluding hydrogens is 709 g/mol. The summed E-state index contributed by atoms with van der Waals surface area (Å²) < 4.78 is 16.8. The highest BCUT2D eigenvalue weighted by molar-refractivity contribution is 5.71. The molecule has 0 aromatic carbocycles. The van der Waals surface area contributed by atoms with Crippen LogP contribution >= 0.6 is 0 Å². The van der Waals surface area contributed by atoms with Gasteiger partial charge in [0.1, 0.15) is 13.2 Å². The molecular formula is C51H98O6. The smallest absolute Gasteiger partial charge is 0.306 e. The number of carbonyl (C=O) groups excluding carboxylic acids is 3. The van der Waals surface area contributed by atoms with Gasteiger partial charge in [0.05, 0.1) is 0 Å². The molecule has 0 saturated heterocycles. The summed E-state index contributed by atoms with van der Waals surface area (Å²) in [5, 5.41) is 0. The van der Waals surface area contributed by atoms with Crippen LogP contribution in [0.15, 0.2) is 0 Å². The SMILES string of the molecule is CC(C)CCCCCCCCCCCCCCCC(=O)OC[C@H](COC(=O)CCCCCCCCCCCC(C)C)OC(=O)CCCCCCCCCCC(C)C. The van der Waals surface area contributed by atoms with Crippen molar-refractivity contribution in [2.45, 2.75) is 279 Å². The highest BCUT2D eigenvalue weighted by Crippen LogP contribution is 2.17. The van der Waals surface area contributed by atoms with E-state index < -0.39 is 6.10 Å². The molecule has 0 spiro atoms. The molecule has 6 heteroatoms. The van der Waals surface area contributed by atoms with Crippen molar-refractivity contribution in [2.75, 3.05) is 13.2 Å². The number of unbranched alkanes of at least 4 members (excludes halogenated alkanes) is 27. The average Bonchev–Trinajstić information content (AvgIpc) is 3.16. The quantitative estimate of drug-likeness (QED) is 0.0347. The third-order valence-corrected chi connectivity index (χ3v) is 11.4. The largest absolute Gasteiger partial charge is 0.462 e. The highest BCUT2D eigenvalue weighted by atomic mass is 16.6. The van der Waals surface area contributed by atoms with Crippen molar-refractivity contribution in [2.24, 2.45) is 17.8 Å². The van der Waals surface area contributed by atoms with Crippen LogP contribution in [0, 0.1) is 17.8 Å². The zero-order valence-electron chi connectivity index (χ0n) is 39.1. The Balaban J connectivity index is 4.30. The number of hydrogen-bond acceptors (Lipinski definition) is 6. The van der Waals surface area contributed by atoms with Crippen LogP contribution in [0.4, 0.5) is 0 Å². The van der Waals surface area contributed by atoms with Crippen molar-refractivity contribution in [1.29, 1.82) is 0 Å². The fraction of sp³-hybridized carbons (Fsp3) is 0.941. The molecule has 57 heavy (non-hydrogen) atoms. The molecule has 0 N–H and O–H groups in total. The standard InChI is InChI=1S/C51H98O6/c1-45(2)37-31-25-19-13-10-8-7-9-11-15-22-28-34-40-49(52)55-43-48(57-51(54)42-36-30-24-18-17-21-27-33-39-47(5)6)44-56-50(53)41-35-29-23-16-12-14-20-26-32-38-46(3)4/h45-48H,7-44H2,1-6H3/t48-/m1/s1. The summed E-state index contributed by atoms with van der Waals surface area (Å²) in [4.78, 5) is 37.9. The maximum atomic E-state index is 12.7. The Morgan fingerprint density at radius 2 is 0.509 bits per heavy atom. The molecule has 1 atom stereocenters. The van der Waals surface area contributed by atoms with Crippen molar-refractivity contribution in [3.05, 3.63) is 0 Å². The summed E-state index contributed by atoms with van der Waals surface area (Å²) in [7, 11) is 0. The first-order valence-corrected chi connectivity index (χ1v) is 25.1. The normalized spacial score (nSPS) is 12.2. The minimum absolute atomic E-state index is 0.0654. The van der Waals surface area contributed by atoms with E-state index in [9.17, 15) is 14.4 Å². The molecule has 0 amide bonds. The van der Waals surface area contributed by atoms with E-state index in [1.54, 1.807) is 0 Å². The van der Waals surface area contributed by atoms with Crippen LogP contribution in [0.5, 0.6) is 0 Å². The molecule has 0 aromatic heterocycles. The maximum absolute atomic E-state index is 12.7. The summed E-state index contributed by atoms with van der Waals surface area (Å²) >= 11 is 0. The summed E-state index contributed by atoms with van der Waals surface area (Å²) in [5.74, 6) is 1.58. The zero-order chi connectivity index (χ0) is 42.0. The fourth-order valence-electron chi connectivity index (χ4n) is 7.59. The lowest BCUT2D eigenvalue weighted by Crippen LogP contribution is -2.30. The van der Waals surface area contributed by atoms with Crippen molar-refractivity contribution >= 4 is 17.9 Å². The summed E-state index contributed by atoms with van der Waals surface area (Å²) in [6.07, 6.45) is 41.0. The monoisotopic (exact) mass is 807 g/mol. The van der Waals surface area contributed by atoms with Gasteiger partial charge >= 0.3 is 17.9 Å². The van der Waals surface area contributed by atoms with E-state index in [0.29, 0.717) is 19.3 Å². The Kier molecular flexibility index (Phi) is 41.3. The molecule has 0 fully saturated rings. The van der Waals surface area contributed by atoms with Crippen molar-refractivity contribution in [3.63, 3.8) is 0 Å². The van der Waals surface area contributed by atoms with Gasteiger partial charge in [-0.25, -0.2) is 0 Å². The van der Waals surface area contributed by atoms with E-state index in [4.69, 9.17) is 14.2 Å². The number of rotatable bonds is 44. The van der Waals surface area contributed by atoms with Gasteiger partial charge in [-0.15, -0.1) is 0 Å². The Labute approximate surface area is 355 Å². The first-order valence-electron chi connectivity index (χ1n) is 25.1. The summed E-state index contributed by atoms with van der Waals surface area (Å²) in [5.41, 5.74) is 0. The van der Waals surface area contributed by atoms with Crippen molar-refractivity contribution < 1.29 is 28.6 Å². The third-order valence-electron chi connectivity index (χ3n) is 11.4. The molecule has 0 heterocycles. The molecule has 0 aliphatic rings. The van der Waals surface area contributed by atoms with Crippen LogP contribution in [-0.2, 0) is 28.6 Å². The topological polar surface area (TPSA) is 78.9 Å². The Morgan fingerprint density at radius 1 is 0.298 bits per heavy atom. The molecule has 0 aliphatic heterocycles. The molecule has 0 rings (SSSR count). The van der Waals surface area contributed by atoms with Gasteiger partial charge in [0.15, 0.2) is 6.10 Å². The van der Waals surface area contributed by atoms with Crippen LogP contribution in [0.25, 0.3) is 0 Å². The van der Waals surface area contributed by atoms with E-state index in [0.717, 1.165) is 75.5 Å². The third kappa shape index (κ3) is 45.3. The minimum atomic E-state index is -0.762. The number of ether oxygens (including phenoxy) is 3. The van der Waals surface area contributed by atoms with Crippen LogP contribution < -0.4 is 0 Å². The van der Waals surface area contributed by atoms with Gasteiger partial charge in [-0.05, 0) is 37.0 Å². The van der Waals surface area contributed by atoms with Crippen LogP contribution in [0.2, 0.25) is 0 Å². The number of carbonyl (C=O) groups is 3. The first-order chi connectivity index (χ1) is 27.6. The van der Waals surface area contributed by atoms with Gasteiger partial charge in [-0.1, -0.05) is 234 Å². The second kappa shape index (κ2) is 42.5. The van der Waals surface area contributed by atoms with E-state index in [2.05, 4.69) is 41.5 Å². The minimum Gasteiger partial charge on any atom is -0.462 e. The highest BCUT2D eigenvalue weighted by Gasteiger charge is 2.19. The number of esters is 3. The van der Waals surface area contributed by atoms with E-state index >= 15 is 0 Å². The first kappa shape index (κ1) is 55.4. The van der Waals surface area contributed by atoms with Crippen molar-refractivity contribution in [1.82, 2.24) is 0 Å². The van der Waals surface area contributed by atoms with Gasteiger partial charge in [0.2, 0.25) is 0 Å². The van der Waals surface area contributed by atoms with Gasteiger partial charge in [0, 0.05) is 19.3 Å². The van der Waals surface area contributed by atoms with Gasteiger partial charge in [-0.3, -0.25) is 14.4 Å². The molecule has 0 saturated carbocycles. The van der Waals surface area contributed by atoms with Crippen LogP contribution in [-0.4, -0.2) is 37.2 Å². The van der Waals surface area contributed by atoms with Gasteiger partial charge < -0.3 is 14.2 Å². The predicted octanol–water partition coefficient (Wildman–Crippen LogP) is 16.0. The van der Waals surface area contributed by atoms with Crippen LogP contribution in [0.1, 0.15) is 273 Å². The second-order valence-electron chi connectivity index (χ2n) is 18.9. The molecule has 0 unspecified atom stereocenters. The molecule has 0 aliphatic carbocycles. The predicted molar refractivity (Wildman–Crippen MR) is 243 cm³/mol. The Bertz CT molecular complexity index is 883. The fourth-order valence-corrected chi connectivity index (χ4v) is 7.59. The lowest BCUT2D eigenvalue weighted by atomic mass is 10.0.